The lowest BCUT2D eigenvalue weighted by Crippen LogP contribution is -2.34. The van der Waals surface area contributed by atoms with Gasteiger partial charge in [-0.1, -0.05) is 0 Å². The van der Waals surface area contributed by atoms with E-state index in [0.717, 1.165) is 49.3 Å². The van der Waals surface area contributed by atoms with E-state index in [1.54, 1.807) is 10.9 Å². The fourth-order valence-corrected chi connectivity index (χ4v) is 3.10. The van der Waals surface area contributed by atoms with Gasteiger partial charge in [-0.3, -0.25) is 0 Å². The molecule has 1 fully saturated rings. The summed E-state index contributed by atoms with van der Waals surface area (Å²) in [5.41, 5.74) is 0.926. The summed E-state index contributed by atoms with van der Waals surface area (Å²) in [5, 5.41) is 8.27. The second kappa shape index (κ2) is 6.74. The van der Waals surface area contributed by atoms with E-state index in [4.69, 9.17) is 4.52 Å². The fraction of sp³-hybridized carbons (Fsp3) is 0.471. The van der Waals surface area contributed by atoms with Crippen LogP contribution in [-0.4, -0.2) is 57.1 Å². The number of aromatic nitrogens is 6. The Morgan fingerprint density at radius 2 is 1.96 bits per heavy atom. The summed E-state index contributed by atoms with van der Waals surface area (Å²) >= 11 is 0. The van der Waals surface area contributed by atoms with E-state index in [2.05, 4.69) is 30.1 Å². The van der Waals surface area contributed by atoms with Gasteiger partial charge in [-0.25, -0.2) is 9.67 Å². The zero-order valence-electron chi connectivity index (χ0n) is 15.2. The van der Waals surface area contributed by atoms with Crippen LogP contribution in [0.25, 0.3) is 5.82 Å². The van der Waals surface area contributed by atoms with E-state index in [0.29, 0.717) is 5.95 Å². The second-order valence-corrected chi connectivity index (χ2v) is 6.71. The van der Waals surface area contributed by atoms with Gasteiger partial charge in [0.2, 0.25) is 11.8 Å². The molecule has 3 aromatic rings. The number of nitrogens with zero attached hydrogens (tertiary/aromatic N) is 8. The van der Waals surface area contributed by atoms with E-state index in [1.165, 1.54) is 0 Å². The van der Waals surface area contributed by atoms with Crippen LogP contribution in [-0.2, 0) is 0 Å². The van der Waals surface area contributed by atoms with Crippen molar-refractivity contribution in [3.8, 4) is 5.82 Å². The van der Waals surface area contributed by atoms with Gasteiger partial charge in [-0.2, -0.15) is 15.1 Å². The van der Waals surface area contributed by atoms with Gasteiger partial charge in [-0.05, 0) is 31.0 Å². The van der Waals surface area contributed by atoms with E-state index in [9.17, 15) is 0 Å². The number of hydrogen-bond donors (Lipinski definition) is 0. The van der Waals surface area contributed by atoms with Crippen LogP contribution in [0.15, 0.2) is 29.0 Å². The third-order valence-corrected chi connectivity index (χ3v) is 4.53. The van der Waals surface area contributed by atoms with Crippen molar-refractivity contribution in [1.29, 1.82) is 0 Å². The highest BCUT2D eigenvalue weighted by Gasteiger charge is 2.27. The van der Waals surface area contributed by atoms with Gasteiger partial charge in [0.15, 0.2) is 5.82 Å². The molecule has 4 heterocycles. The SMILES string of the molecule is Cc1cc(-n2cccn2)nc(N2CCC(c3nc(N(C)C)no3)CC2)n1. The Hall–Kier alpha value is -2.97. The molecule has 0 aliphatic carbocycles. The Morgan fingerprint density at radius 3 is 2.62 bits per heavy atom. The number of rotatable bonds is 4. The zero-order valence-corrected chi connectivity index (χ0v) is 15.2. The average Bonchev–Trinajstić information content (AvgIpc) is 3.33. The monoisotopic (exact) mass is 354 g/mol. The summed E-state index contributed by atoms with van der Waals surface area (Å²) in [7, 11) is 3.81. The van der Waals surface area contributed by atoms with Crippen LogP contribution in [0, 0.1) is 6.92 Å². The molecule has 0 unspecified atom stereocenters. The fourth-order valence-electron chi connectivity index (χ4n) is 3.10. The van der Waals surface area contributed by atoms with Crippen molar-refractivity contribution < 1.29 is 4.52 Å². The zero-order chi connectivity index (χ0) is 18.1. The van der Waals surface area contributed by atoms with E-state index >= 15 is 0 Å². The van der Waals surface area contributed by atoms with Crippen LogP contribution in [0.3, 0.4) is 0 Å². The summed E-state index contributed by atoms with van der Waals surface area (Å²) in [4.78, 5) is 17.8. The van der Waals surface area contributed by atoms with Gasteiger partial charge in [0.05, 0.1) is 0 Å². The highest BCUT2D eigenvalue weighted by Crippen LogP contribution is 2.29. The van der Waals surface area contributed by atoms with Crippen LogP contribution in [0.1, 0.15) is 30.3 Å². The lowest BCUT2D eigenvalue weighted by molar-refractivity contribution is 0.328. The normalized spacial score (nSPS) is 15.4. The third kappa shape index (κ3) is 3.24. The van der Waals surface area contributed by atoms with Gasteiger partial charge >= 0.3 is 0 Å². The molecule has 0 bridgehead atoms. The van der Waals surface area contributed by atoms with Gasteiger partial charge < -0.3 is 14.3 Å². The maximum Gasteiger partial charge on any atom is 0.265 e. The Labute approximate surface area is 151 Å². The molecule has 4 rings (SSSR count). The minimum absolute atomic E-state index is 0.280. The Kier molecular flexibility index (Phi) is 4.27. The first-order chi connectivity index (χ1) is 12.6. The summed E-state index contributed by atoms with van der Waals surface area (Å²) < 4.78 is 7.19. The maximum atomic E-state index is 5.43. The number of anilines is 2. The molecule has 26 heavy (non-hydrogen) atoms. The second-order valence-electron chi connectivity index (χ2n) is 6.71. The number of aryl methyl sites for hydroxylation is 1. The van der Waals surface area contributed by atoms with Crippen LogP contribution in [0.5, 0.6) is 0 Å². The number of hydrogen-bond acceptors (Lipinski definition) is 8. The van der Waals surface area contributed by atoms with Crippen molar-refractivity contribution in [2.45, 2.75) is 25.7 Å². The van der Waals surface area contributed by atoms with Crippen LogP contribution >= 0.6 is 0 Å². The topological polar surface area (TPSA) is 89.0 Å². The molecule has 3 aromatic heterocycles. The highest BCUT2D eigenvalue weighted by molar-refractivity contribution is 5.38. The van der Waals surface area contributed by atoms with Crippen molar-refractivity contribution in [3.05, 3.63) is 36.1 Å². The molecular formula is C17H22N8O. The standard InChI is InChI=1S/C17H22N8O/c1-12-11-14(25-8-4-7-18-25)20-16(19-12)24-9-5-13(6-10-24)15-21-17(22-26-15)23(2)3/h4,7-8,11,13H,5-6,9-10H2,1-3H3. The summed E-state index contributed by atoms with van der Waals surface area (Å²) in [5.74, 6) is 3.15. The highest BCUT2D eigenvalue weighted by atomic mass is 16.5. The van der Waals surface area contributed by atoms with Crippen LogP contribution in [0.2, 0.25) is 0 Å². The van der Waals surface area contributed by atoms with Crippen LogP contribution in [0.4, 0.5) is 11.9 Å². The largest absolute Gasteiger partial charge is 0.344 e. The Bertz CT molecular complexity index is 865. The third-order valence-electron chi connectivity index (χ3n) is 4.53. The predicted molar refractivity (Wildman–Crippen MR) is 96.7 cm³/mol. The molecule has 136 valence electrons. The first kappa shape index (κ1) is 16.5. The van der Waals surface area contributed by atoms with E-state index in [-0.39, 0.29) is 5.92 Å². The summed E-state index contributed by atoms with van der Waals surface area (Å²) in [6, 6.07) is 3.82. The molecule has 0 amide bonds. The molecule has 0 aromatic carbocycles. The Balaban J connectivity index is 1.48. The maximum absolute atomic E-state index is 5.43. The van der Waals surface area contributed by atoms with Crippen LogP contribution < -0.4 is 9.80 Å². The summed E-state index contributed by atoms with van der Waals surface area (Å²) in [6.07, 6.45) is 5.50. The number of piperidine rings is 1. The average molecular weight is 354 g/mol. The molecule has 1 saturated heterocycles. The van der Waals surface area contributed by atoms with E-state index in [1.807, 2.05) is 44.2 Å². The molecular weight excluding hydrogens is 332 g/mol. The smallest absolute Gasteiger partial charge is 0.265 e. The molecule has 0 radical (unpaired) electrons. The quantitative estimate of drug-likeness (QED) is 0.701. The molecule has 0 atom stereocenters. The molecule has 9 heteroatoms. The van der Waals surface area contributed by atoms with Crippen molar-refractivity contribution in [1.82, 2.24) is 29.9 Å². The van der Waals surface area contributed by atoms with Crippen molar-refractivity contribution >= 4 is 11.9 Å². The van der Waals surface area contributed by atoms with Gasteiger partial charge in [0, 0.05) is 57.3 Å². The first-order valence-electron chi connectivity index (χ1n) is 8.72. The molecule has 0 saturated carbocycles. The minimum atomic E-state index is 0.280. The van der Waals surface area contributed by atoms with E-state index < -0.39 is 0 Å². The molecule has 0 spiro atoms. The van der Waals surface area contributed by atoms with Gasteiger partial charge in [0.1, 0.15) is 0 Å². The lowest BCUT2D eigenvalue weighted by Gasteiger charge is -2.30. The molecule has 1 aliphatic rings. The Morgan fingerprint density at radius 1 is 1.15 bits per heavy atom. The van der Waals surface area contributed by atoms with Crippen molar-refractivity contribution in [2.75, 3.05) is 37.0 Å². The van der Waals surface area contributed by atoms with Gasteiger partial charge in [-0.15, -0.1) is 0 Å². The minimum Gasteiger partial charge on any atom is -0.344 e. The lowest BCUT2D eigenvalue weighted by atomic mass is 9.97. The first-order valence-corrected chi connectivity index (χ1v) is 8.72. The van der Waals surface area contributed by atoms with Crippen molar-refractivity contribution in [2.24, 2.45) is 0 Å². The molecule has 1 aliphatic heterocycles. The molecule has 9 nitrogen and oxygen atoms in total. The van der Waals surface area contributed by atoms with Gasteiger partial charge in [0.25, 0.3) is 5.95 Å². The predicted octanol–water partition coefficient (Wildman–Crippen LogP) is 1.80. The summed E-state index contributed by atoms with van der Waals surface area (Å²) in [6.45, 7) is 3.69. The molecule has 0 N–H and O–H groups in total. The van der Waals surface area contributed by atoms with Crippen molar-refractivity contribution in [3.63, 3.8) is 0 Å².